The molecule has 0 heterocycles. The molecule has 138 valence electrons. The number of ether oxygens (including phenoxy) is 2. The van der Waals surface area contributed by atoms with E-state index in [9.17, 15) is 9.59 Å². The molecule has 0 aliphatic rings. The van der Waals surface area contributed by atoms with Crippen molar-refractivity contribution in [1.29, 1.82) is 0 Å². The highest BCUT2D eigenvalue weighted by Gasteiger charge is 2.09. The van der Waals surface area contributed by atoms with E-state index in [0.717, 1.165) is 12.8 Å². The number of Topliss-reactive ketones (excluding diaryl/α,β-unsaturated/α-hetero) is 1. The number of unbranched alkanes of at least 4 members (excludes halogenated alkanes) is 1. The summed E-state index contributed by atoms with van der Waals surface area (Å²) in [6.45, 7) is 4.41. The summed E-state index contributed by atoms with van der Waals surface area (Å²) in [5.74, 6) is 0.997. The van der Waals surface area contributed by atoms with E-state index >= 15 is 0 Å². The lowest BCUT2D eigenvalue weighted by Gasteiger charge is -2.12. The average Bonchev–Trinajstić information content (AvgIpc) is 2.67. The summed E-state index contributed by atoms with van der Waals surface area (Å²) in [6, 6.07) is 14.1. The van der Waals surface area contributed by atoms with Crippen molar-refractivity contribution in [3.63, 3.8) is 0 Å². The van der Waals surface area contributed by atoms with Gasteiger partial charge in [-0.1, -0.05) is 32.4 Å². The molecule has 0 unspecified atom stereocenters. The standard InChI is InChI=1S/C21H25NO4/c1-3-5-14-25-20-9-7-6-8-18(20)22-21(24)15-26-17-12-10-16(11-13-17)19(23)4-2/h6-13H,3-5,14-15H2,1-2H3,(H,22,24). The summed E-state index contributed by atoms with van der Waals surface area (Å²) in [6.07, 6.45) is 2.47. The molecule has 2 aromatic rings. The first-order valence-electron chi connectivity index (χ1n) is 8.91. The van der Waals surface area contributed by atoms with Gasteiger partial charge in [0.05, 0.1) is 12.3 Å². The fraction of sp³-hybridized carbons (Fsp3) is 0.333. The van der Waals surface area contributed by atoms with Crippen molar-refractivity contribution < 1.29 is 19.1 Å². The topological polar surface area (TPSA) is 64.6 Å². The number of rotatable bonds is 10. The van der Waals surface area contributed by atoms with Gasteiger partial charge in [0, 0.05) is 12.0 Å². The van der Waals surface area contributed by atoms with Gasteiger partial charge in [0.25, 0.3) is 5.91 Å². The maximum Gasteiger partial charge on any atom is 0.262 e. The van der Waals surface area contributed by atoms with Crippen molar-refractivity contribution in [2.24, 2.45) is 0 Å². The number of hydrogen-bond acceptors (Lipinski definition) is 4. The second kappa shape index (κ2) is 10.2. The molecule has 0 aromatic heterocycles. The predicted octanol–water partition coefficient (Wildman–Crippen LogP) is 4.48. The average molecular weight is 355 g/mol. The predicted molar refractivity (Wildman–Crippen MR) is 102 cm³/mol. The van der Waals surface area contributed by atoms with Crippen LogP contribution in [-0.2, 0) is 4.79 Å². The smallest absolute Gasteiger partial charge is 0.262 e. The van der Waals surface area contributed by atoms with Crippen LogP contribution in [0.25, 0.3) is 0 Å². The fourth-order valence-corrected chi connectivity index (χ4v) is 2.30. The highest BCUT2D eigenvalue weighted by Crippen LogP contribution is 2.24. The highest BCUT2D eigenvalue weighted by molar-refractivity contribution is 5.96. The lowest BCUT2D eigenvalue weighted by Crippen LogP contribution is -2.20. The summed E-state index contributed by atoms with van der Waals surface area (Å²) in [5.41, 5.74) is 1.27. The van der Waals surface area contributed by atoms with Gasteiger partial charge in [-0.2, -0.15) is 0 Å². The Morgan fingerprint density at radius 3 is 2.38 bits per heavy atom. The Labute approximate surface area is 154 Å². The molecule has 5 heteroatoms. The Balaban J connectivity index is 1.88. The quantitative estimate of drug-likeness (QED) is 0.504. The molecule has 0 saturated heterocycles. The van der Waals surface area contributed by atoms with Crippen LogP contribution in [0.2, 0.25) is 0 Å². The van der Waals surface area contributed by atoms with Crippen LogP contribution in [0.5, 0.6) is 11.5 Å². The minimum absolute atomic E-state index is 0.0778. The van der Waals surface area contributed by atoms with Crippen LogP contribution < -0.4 is 14.8 Å². The zero-order valence-electron chi connectivity index (χ0n) is 15.3. The molecule has 5 nitrogen and oxygen atoms in total. The van der Waals surface area contributed by atoms with Crippen LogP contribution >= 0.6 is 0 Å². The fourth-order valence-electron chi connectivity index (χ4n) is 2.30. The Bertz CT molecular complexity index is 725. The molecular formula is C21H25NO4. The van der Waals surface area contributed by atoms with E-state index in [0.29, 0.717) is 35.8 Å². The van der Waals surface area contributed by atoms with Gasteiger partial charge in [-0.25, -0.2) is 0 Å². The molecule has 0 spiro atoms. The zero-order valence-corrected chi connectivity index (χ0v) is 15.3. The van der Waals surface area contributed by atoms with E-state index in [1.165, 1.54) is 0 Å². The normalized spacial score (nSPS) is 10.2. The Kier molecular flexibility index (Phi) is 7.68. The van der Waals surface area contributed by atoms with Crippen LogP contribution in [0.4, 0.5) is 5.69 Å². The molecule has 2 rings (SSSR count). The number of carbonyl (C=O) groups excluding carboxylic acids is 2. The number of amides is 1. The molecule has 1 N–H and O–H groups in total. The van der Waals surface area contributed by atoms with E-state index in [1.54, 1.807) is 30.3 Å². The first-order chi connectivity index (χ1) is 12.6. The van der Waals surface area contributed by atoms with Gasteiger partial charge >= 0.3 is 0 Å². The number of carbonyl (C=O) groups is 2. The largest absolute Gasteiger partial charge is 0.491 e. The SMILES string of the molecule is CCCCOc1ccccc1NC(=O)COc1ccc(C(=O)CC)cc1. The lowest BCUT2D eigenvalue weighted by molar-refractivity contribution is -0.118. The molecule has 0 radical (unpaired) electrons. The molecule has 0 saturated carbocycles. The molecule has 0 fully saturated rings. The number of ketones is 1. The van der Waals surface area contributed by atoms with Gasteiger partial charge in [-0.3, -0.25) is 9.59 Å². The molecule has 0 bridgehead atoms. The van der Waals surface area contributed by atoms with Gasteiger partial charge in [0.1, 0.15) is 11.5 Å². The molecule has 1 amide bonds. The molecule has 0 aliphatic heterocycles. The Hall–Kier alpha value is -2.82. The highest BCUT2D eigenvalue weighted by atomic mass is 16.5. The van der Waals surface area contributed by atoms with Gasteiger partial charge < -0.3 is 14.8 Å². The van der Waals surface area contributed by atoms with Crippen molar-refractivity contribution >= 4 is 17.4 Å². The van der Waals surface area contributed by atoms with Crippen molar-refractivity contribution in [1.82, 2.24) is 0 Å². The van der Waals surface area contributed by atoms with Crippen molar-refractivity contribution in [3.05, 3.63) is 54.1 Å². The molecule has 26 heavy (non-hydrogen) atoms. The Morgan fingerprint density at radius 2 is 1.69 bits per heavy atom. The van der Waals surface area contributed by atoms with Gasteiger partial charge in [-0.15, -0.1) is 0 Å². The van der Waals surface area contributed by atoms with Gasteiger partial charge in [-0.05, 0) is 42.8 Å². The van der Waals surface area contributed by atoms with Crippen LogP contribution in [0.15, 0.2) is 48.5 Å². The van der Waals surface area contributed by atoms with Crippen molar-refractivity contribution in [2.45, 2.75) is 33.1 Å². The maximum atomic E-state index is 12.1. The molecule has 0 atom stereocenters. The maximum absolute atomic E-state index is 12.1. The minimum Gasteiger partial charge on any atom is -0.491 e. The monoisotopic (exact) mass is 355 g/mol. The van der Waals surface area contributed by atoms with E-state index in [1.807, 2.05) is 25.1 Å². The zero-order chi connectivity index (χ0) is 18.8. The van der Waals surface area contributed by atoms with Crippen molar-refractivity contribution in [2.75, 3.05) is 18.5 Å². The number of benzene rings is 2. The third-order valence-electron chi connectivity index (χ3n) is 3.78. The summed E-state index contributed by atoms with van der Waals surface area (Å²) in [7, 11) is 0. The first kappa shape index (κ1) is 19.5. The van der Waals surface area contributed by atoms with E-state index in [-0.39, 0.29) is 18.3 Å². The second-order valence-corrected chi connectivity index (χ2v) is 5.84. The third-order valence-corrected chi connectivity index (χ3v) is 3.78. The van der Waals surface area contributed by atoms with Crippen LogP contribution in [0.1, 0.15) is 43.5 Å². The molecule has 2 aromatic carbocycles. The molecular weight excluding hydrogens is 330 g/mol. The van der Waals surface area contributed by atoms with Gasteiger partial charge in [0.2, 0.25) is 0 Å². The number of hydrogen-bond donors (Lipinski definition) is 1. The van der Waals surface area contributed by atoms with Crippen molar-refractivity contribution in [3.8, 4) is 11.5 Å². The van der Waals surface area contributed by atoms with Gasteiger partial charge in [0.15, 0.2) is 12.4 Å². The van der Waals surface area contributed by atoms with E-state index in [2.05, 4.69) is 12.2 Å². The second-order valence-electron chi connectivity index (χ2n) is 5.84. The van der Waals surface area contributed by atoms with Crippen LogP contribution in [-0.4, -0.2) is 24.9 Å². The minimum atomic E-state index is -0.273. The van der Waals surface area contributed by atoms with E-state index < -0.39 is 0 Å². The summed E-state index contributed by atoms with van der Waals surface area (Å²) < 4.78 is 11.2. The summed E-state index contributed by atoms with van der Waals surface area (Å²) in [5, 5.41) is 2.80. The van der Waals surface area contributed by atoms with Crippen LogP contribution in [0, 0.1) is 0 Å². The third kappa shape index (κ3) is 5.92. The van der Waals surface area contributed by atoms with Crippen LogP contribution in [0.3, 0.4) is 0 Å². The summed E-state index contributed by atoms with van der Waals surface area (Å²) >= 11 is 0. The number of anilines is 1. The van der Waals surface area contributed by atoms with E-state index in [4.69, 9.17) is 9.47 Å². The summed E-state index contributed by atoms with van der Waals surface area (Å²) in [4.78, 5) is 23.7. The lowest BCUT2D eigenvalue weighted by atomic mass is 10.1. The molecule has 0 aliphatic carbocycles. The Morgan fingerprint density at radius 1 is 0.962 bits per heavy atom. The number of nitrogens with one attached hydrogen (secondary N) is 1. The first-order valence-corrected chi connectivity index (χ1v) is 8.91. The number of para-hydroxylation sites is 2.